The summed E-state index contributed by atoms with van der Waals surface area (Å²) in [5, 5.41) is 7.86. The van der Waals surface area contributed by atoms with Gasteiger partial charge in [0.1, 0.15) is 11.3 Å². The van der Waals surface area contributed by atoms with Crippen molar-refractivity contribution in [2.75, 3.05) is 24.5 Å². The number of anilines is 1. The van der Waals surface area contributed by atoms with Crippen molar-refractivity contribution in [3.05, 3.63) is 29.7 Å². The number of nitrogens with two attached hydrogens (primary N) is 1. The zero-order valence-corrected chi connectivity index (χ0v) is 14.8. The molecule has 8 heteroatoms. The van der Waals surface area contributed by atoms with E-state index in [1.54, 1.807) is 12.4 Å². The Bertz CT molecular complexity index is 899. The van der Waals surface area contributed by atoms with E-state index in [9.17, 15) is 0 Å². The molecule has 7 nitrogen and oxygen atoms in total. The van der Waals surface area contributed by atoms with Gasteiger partial charge in [0.25, 0.3) is 0 Å². The summed E-state index contributed by atoms with van der Waals surface area (Å²) < 4.78 is 0. The highest BCUT2D eigenvalue weighted by Gasteiger charge is 2.29. The summed E-state index contributed by atoms with van der Waals surface area (Å²) in [5.41, 5.74) is 8.99. The first-order valence-corrected chi connectivity index (χ1v) is 8.73. The average molecular weight is 358 g/mol. The first-order chi connectivity index (χ1) is 12.1. The summed E-state index contributed by atoms with van der Waals surface area (Å²) in [5.74, 6) is 0.852. The van der Waals surface area contributed by atoms with Crippen LogP contribution in [0.25, 0.3) is 22.4 Å². The second-order valence-electron chi connectivity index (χ2n) is 6.86. The van der Waals surface area contributed by atoms with Crippen molar-refractivity contribution in [2.24, 2.45) is 11.1 Å². The van der Waals surface area contributed by atoms with E-state index < -0.39 is 0 Å². The highest BCUT2D eigenvalue weighted by Crippen LogP contribution is 2.33. The van der Waals surface area contributed by atoms with Gasteiger partial charge in [-0.3, -0.25) is 10.1 Å². The fourth-order valence-electron chi connectivity index (χ4n) is 3.18. The van der Waals surface area contributed by atoms with Gasteiger partial charge >= 0.3 is 0 Å². The molecule has 0 aliphatic carbocycles. The van der Waals surface area contributed by atoms with E-state index in [-0.39, 0.29) is 5.41 Å². The molecule has 0 aromatic carbocycles. The molecule has 4 heterocycles. The maximum Gasteiger partial charge on any atom is 0.202 e. The molecule has 0 amide bonds. The summed E-state index contributed by atoms with van der Waals surface area (Å²) in [6, 6.07) is 1.84. The first kappa shape index (κ1) is 16.2. The smallest absolute Gasteiger partial charge is 0.202 e. The van der Waals surface area contributed by atoms with Crippen LogP contribution in [0.1, 0.15) is 19.8 Å². The maximum atomic E-state index is 6.23. The summed E-state index contributed by atoms with van der Waals surface area (Å²) in [6.45, 7) is 4.83. The molecule has 0 radical (unpaired) electrons. The topological polar surface area (TPSA) is 96.6 Å². The van der Waals surface area contributed by atoms with Gasteiger partial charge in [0.15, 0.2) is 0 Å². The highest BCUT2D eigenvalue weighted by molar-refractivity contribution is 6.33. The van der Waals surface area contributed by atoms with E-state index in [1.807, 2.05) is 12.3 Å². The van der Waals surface area contributed by atoms with Gasteiger partial charge in [-0.15, -0.1) is 0 Å². The van der Waals surface area contributed by atoms with Crippen LogP contribution in [0.3, 0.4) is 0 Å². The van der Waals surface area contributed by atoms with Crippen LogP contribution in [-0.4, -0.2) is 44.8 Å². The van der Waals surface area contributed by atoms with Gasteiger partial charge in [-0.25, -0.2) is 9.97 Å². The van der Waals surface area contributed by atoms with Crippen molar-refractivity contribution in [1.82, 2.24) is 25.1 Å². The largest absolute Gasteiger partial charge is 0.355 e. The van der Waals surface area contributed by atoms with E-state index in [1.165, 1.54) is 0 Å². The van der Waals surface area contributed by atoms with Crippen molar-refractivity contribution < 1.29 is 0 Å². The number of nitrogens with zero attached hydrogens (tertiary/aromatic N) is 5. The zero-order chi connectivity index (χ0) is 17.4. The Hall–Kier alpha value is -2.25. The molecule has 3 aromatic rings. The quantitative estimate of drug-likeness (QED) is 0.748. The molecule has 1 saturated heterocycles. The van der Waals surface area contributed by atoms with Gasteiger partial charge in [-0.1, -0.05) is 18.5 Å². The van der Waals surface area contributed by atoms with Gasteiger partial charge in [0.05, 0.1) is 16.9 Å². The molecule has 0 bridgehead atoms. The van der Waals surface area contributed by atoms with Crippen LogP contribution in [0.4, 0.5) is 5.82 Å². The first-order valence-electron chi connectivity index (χ1n) is 8.36. The summed E-state index contributed by atoms with van der Waals surface area (Å²) in [4.78, 5) is 15.5. The average Bonchev–Trinajstić information content (AvgIpc) is 3.06. The van der Waals surface area contributed by atoms with Gasteiger partial charge in [0, 0.05) is 31.0 Å². The van der Waals surface area contributed by atoms with Crippen molar-refractivity contribution >= 4 is 28.6 Å². The number of H-pyrrole nitrogens is 1. The van der Waals surface area contributed by atoms with Crippen molar-refractivity contribution in [3.63, 3.8) is 0 Å². The van der Waals surface area contributed by atoms with E-state index >= 15 is 0 Å². The van der Waals surface area contributed by atoms with Crippen LogP contribution in [0.5, 0.6) is 0 Å². The lowest BCUT2D eigenvalue weighted by Crippen LogP contribution is -2.42. The fourth-order valence-corrected chi connectivity index (χ4v) is 3.40. The second-order valence-corrected chi connectivity index (χ2v) is 7.26. The van der Waals surface area contributed by atoms with E-state index in [0.29, 0.717) is 16.2 Å². The maximum absolute atomic E-state index is 6.23. The molecule has 4 rings (SSSR count). The SMILES string of the molecule is CC1(CN)CCN(c2cnc3c(-c4ccncc4Cl)[nH]nc3n2)CC1. The molecule has 0 atom stereocenters. The highest BCUT2D eigenvalue weighted by atomic mass is 35.5. The third-order valence-corrected chi connectivity index (χ3v) is 5.38. The van der Waals surface area contributed by atoms with Crippen LogP contribution >= 0.6 is 11.6 Å². The van der Waals surface area contributed by atoms with Gasteiger partial charge in [-0.05, 0) is 30.9 Å². The zero-order valence-electron chi connectivity index (χ0n) is 14.0. The van der Waals surface area contributed by atoms with Crippen LogP contribution in [0.15, 0.2) is 24.7 Å². The molecule has 0 saturated carbocycles. The van der Waals surface area contributed by atoms with Crippen molar-refractivity contribution in [2.45, 2.75) is 19.8 Å². The number of nitrogens with one attached hydrogen (secondary N) is 1. The minimum atomic E-state index is 0.228. The van der Waals surface area contributed by atoms with Crippen LogP contribution in [-0.2, 0) is 0 Å². The van der Waals surface area contributed by atoms with Crippen LogP contribution < -0.4 is 10.6 Å². The number of piperidine rings is 1. The molecule has 1 aliphatic heterocycles. The molecule has 1 fully saturated rings. The predicted molar refractivity (Wildman–Crippen MR) is 98.5 cm³/mol. The molecule has 1 aliphatic rings. The lowest BCUT2D eigenvalue weighted by molar-refractivity contribution is 0.258. The third kappa shape index (κ3) is 2.94. The standard InChI is InChI=1S/C17H20ClN7/c1-17(10-19)3-6-25(7-4-17)13-9-21-15-14(23-24-16(15)22-13)11-2-5-20-8-12(11)18/h2,5,8-9H,3-4,6-7,10,19H2,1H3,(H,22,23,24). The number of pyridine rings is 1. The van der Waals surface area contributed by atoms with Gasteiger partial charge in [-0.2, -0.15) is 5.10 Å². The molecule has 130 valence electrons. The minimum Gasteiger partial charge on any atom is -0.355 e. The Morgan fingerprint density at radius 3 is 2.84 bits per heavy atom. The normalized spacial score (nSPS) is 17.2. The van der Waals surface area contributed by atoms with Crippen LogP contribution in [0, 0.1) is 5.41 Å². The monoisotopic (exact) mass is 357 g/mol. The summed E-state index contributed by atoms with van der Waals surface area (Å²) >= 11 is 6.23. The second kappa shape index (κ2) is 6.24. The molecular formula is C17H20ClN7. The number of aromatic amines is 1. The summed E-state index contributed by atoms with van der Waals surface area (Å²) in [7, 11) is 0. The Balaban J connectivity index is 1.64. The van der Waals surface area contributed by atoms with E-state index in [0.717, 1.165) is 49.6 Å². The van der Waals surface area contributed by atoms with Crippen molar-refractivity contribution in [1.29, 1.82) is 0 Å². The lowest BCUT2D eigenvalue weighted by Gasteiger charge is -2.39. The molecule has 25 heavy (non-hydrogen) atoms. The number of aromatic nitrogens is 5. The van der Waals surface area contributed by atoms with Crippen molar-refractivity contribution in [3.8, 4) is 11.3 Å². The van der Waals surface area contributed by atoms with E-state index in [2.05, 4.69) is 37.0 Å². The Kier molecular flexibility index (Phi) is 4.05. The molecule has 0 unspecified atom stereocenters. The Morgan fingerprint density at radius 1 is 1.32 bits per heavy atom. The Morgan fingerprint density at radius 2 is 2.12 bits per heavy atom. The third-order valence-electron chi connectivity index (χ3n) is 5.08. The minimum absolute atomic E-state index is 0.228. The lowest BCUT2D eigenvalue weighted by atomic mass is 9.80. The number of fused-ring (bicyclic) bond motifs is 1. The van der Waals surface area contributed by atoms with E-state index in [4.69, 9.17) is 17.3 Å². The number of halogens is 1. The summed E-state index contributed by atoms with van der Waals surface area (Å²) in [6.07, 6.45) is 7.22. The fraction of sp³-hybridized carbons (Fsp3) is 0.412. The predicted octanol–water partition coefficient (Wildman–Crippen LogP) is 2.63. The van der Waals surface area contributed by atoms with Crippen LogP contribution in [0.2, 0.25) is 5.02 Å². The molecule has 3 N–H and O–H groups in total. The molecule has 3 aromatic heterocycles. The molecule has 0 spiro atoms. The number of hydrogen-bond donors (Lipinski definition) is 2. The molecular weight excluding hydrogens is 338 g/mol. The van der Waals surface area contributed by atoms with Gasteiger partial charge < -0.3 is 10.6 Å². The number of hydrogen-bond acceptors (Lipinski definition) is 6. The number of rotatable bonds is 3. The van der Waals surface area contributed by atoms with Gasteiger partial charge in [0.2, 0.25) is 5.65 Å². The Labute approximate surface area is 150 Å².